The Balaban J connectivity index is 0.00000364. The Hall–Kier alpha value is -0.610. The standard InChI is InChI=1S/C19H36N4O3.HI/c1-15(2)11-20-18(22-13-17(24)23(3)4)21-12-16-14-25-19(26-16)9-7-5-6-8-10-19;/h15-16H,5-14H2,1-4H3,(H2,20,21,22);1H. The molecule has 1 spiro atoms. The third-order valence-electron chi connectivity index (χ3n) is 4.83. The van der Waals surface area contributed by atoms with Crippen molar-refractivity contribution in [1.29, 1.82) is 0 Å². The SMILES string of the molecule is CC(C)CNC(=NCC(=O)N(C)C)NCC1COC2(CCCCCC2)O1.I. The van der Waals surface area contributed by atoms with Crippen molar-refractivity contribution in [2.45, 2.75) is 64.3 Å². The van der Waals surface area contributed by atoms with Crippen molar-refractivity contribution >= 4 is 35.8 Å². The van der Waals surface area contributed by atoms with Gasteiger partial charge in [-0.1, -0.05) is 26.7 Å². The summed E-state index contributed by atoms with van der Waals surface area (Å²) in [5.74, 6) is 0.756. The van der Waals surface area contributed by atoms with Gasteiger partial charge in [0.25, 0.3) is 0 Å². The molecule has 1 unspecified atom stereocenters. The monoisotopic (exact) mass is 496 g/mol. The molecule has 8 heteroatoms. The zero-order chi connectivity index (χ0) is 19.0. The van der Waals surface area contributed by atoms with E-state index >= 15 is 0 Å². The number of hydrogen-bond donors (Lipinski definition) is 2. The number of likely N-dealkylation sites (N-methyl/N-ethyl adjacent to an activating group) is 1. The summed E-state index contributed by atoms with van der Waals surface area (Å²) in [5.41, 5.74) is 0. The molecule has 1 aliphatic carbocycles. The molecule has 2 aliphatic rings. The highest BCUT2D eigenvalue weighted by atomic mass is 127. The van der Waals surface area contributed by atoms with Gasteiger partial charge in [0.15, 0.2) is 11.7 Å². The minimum absolute atomic E-state index is 0. The van der Waals surface area contributed by atoms with Gasteiger partial charge in [-0.3, -0.25) is 4.79 Å². The van der Waals surface area contributed by atoms with E-state index in [1.54, 1.807) is 19.0 Å². The van der Waals surface area contributed by atoms with E-state index < -0.39 is 0 Å². The first kappa shape index (κ1) is 24.4. The van der Waals surface area contributed by atoms with Crippen LogP contribution in [0.4, 0.5) is 0 Å². The molecule has 0 radical (unpaired) electrons. The Morgan fingerprint density at radius 3 is 2.44 bits per heavy atom. The average molecular weight is 496 g/mol. The smallest absolute Gasteiger partial charge is 0.243 e. The second-order valence-corrected chi connectivity index (χ2v) is 7.98. The summed E-state index contributed by atoms with van der Waals surface area (Å²) in [6.07, 6.45) is 6.90. The van der Waals surface area contributed by atoms with Crippen LogP contribution in [0.15, 0.2) is 4.99 Å². The number of ether oxygens (including phenoxy) is 2. The first-order valence-corrected chi connectivity index (χ1v) is 9.94. The number of carbonyl (C=O) groups is 1. The number of halogens is 1. The van der Waals surface area contributed by atoms with Crippen LogP contribution in [-0.2, 0) is 14.3 Å². The van der Waals surface area contributed by atoms with E-state index in [1.165, 1.54) is 25.7 Å². The van der Waals surface area contributed by atoms with Crippen molar-refractivity contribution in [1.82, 2.24) is 15.5 Å². The minimum atomic E-state index is -0.369. The second-order valence-electron chi connectivity index (χ2n) is 7.98. The topological polar surface area (TPSA) is 75.2 Å². The van der Waals surface area contributed by atoms with Crippen LogP contribution in [0, 0.1) is 5.92 Å². The zero-order valence-corrected chi connectivity index (χ0v) is 19.6. The lowest BCUT2D eigenvalue weighted by Crippen LogP contribution is -2.44. The van der Waals surface area contributed by atoms with Crippen LogP contribution in [0.1, 0.15) is 52.4 Å². The number of nitrogens with zero attached hydrogens (tertiary/aromatic N) is 2. The number of carbonyl (C=O) groups excluding carboxylic acids is 1. The van der Waals surface area contributed by atoms with E-state index in [9.17, 15) is 4.79 Å². The van der Waals surface area contributed by atoms with E-state index in [2.05, 4.69) is 29.5 Å². The lowest BCUT2D eigenvalue weighted by atomic mass is 10.1. The fraction of sp³-hybridized carbons (Fsp3) is 0.895. The van der Waals surface area contributed by atoms with Crippen molar-refractivity contribution < 1.29 is 14.3 Å². The highest BCUT2D eigenvalue weighted by Gasteiger charge is 2.41. The van der Waals surface area contributed by atoms with Crippen LogP contribution in [0.5, 0.6) is 0 Å². The lowest BCUT2D eigenvalue weighted by Gasteiger charge is -2.26. The third kappa shape index (κ3) is 8.51. The molecule has 0 bridgehead atoms. The predicted octanol–water partition coefficient (Wildman–Crippen LogP) is 2.35. The molecule has 1 aliphatic heterocycles. The summed E-state index contributed by atoms with van der Waals surface area (Å²) in [4.78, 5) is 17.8. The zero-order valence-electron chi connectivity index (χ0n) is 17.3. The number of nitrogens with one attached hydrogen (secondary N) is 2. The van der Waals surface area contributed by atoms with Crippen molar-refractivity contribution in [3.8, 4) is 0 Å². The van der Waals surface area contributed by atoms with E-state index in [1.807, 2.05) is 0 Å². The van der Waals surface area contributed by atoms with Gasteiger partial charge in [0.05, 0.1) is 6.61 Å². The summed E-state index contributed by atoms with van der Waals surface area (Å²) in [6, 6.07) is 0. The molecule has 0 aromatic carbocycles. The van der Waals surface area contributed by atoms with Crippen LogP contribution in [-0.4, -0.2) is 69.0 Å². The quantitative estimate of drug-likeness (QED) is 0.336. The molecule has 1 heterocycles. The van der Waals surface area contributed by atoms with Gasteiger partial charge in [-0.15, -0.1) is 24.0 Å². The summed E-state index contributed by atoms with van der Waals surface area (Å²) in [6.45, 7) is 6.45. The number of aliphatic imine (C=N–C) groups is 1. The van der Waals surface area contributed by atoms with Gasteiger partial charge in [-0.05, 0) is 18.8 Å². The third-order valence-corrected chi connectivity index (χ3v) is 4.83. The maximum Gasteiger partial charge on any atom is 0.243 e. The number of guanidine groups is 1. The van der Waals surface area contributed by atoms with Crippen LogP contribution in [0.2, 0.25) is 0 Å². The van der Waals surface area contributed by atoms with E-state index in [4.69, 9.17) is 9.47 Å². The number of rotatable bonds is 6. The second kappa shape index (κ2) is 12.1. The Bertz CT molecular complexity index is 478. The van der Waals surface area contributed by atoms with E-state index in [0.717, 1.165) is 19.4 Å². The van der Waals surface area contributed by atoms with Crippen LogP contribution in [0.3, 0.4) is 0 Å². The summed E-state index contributed by atoms with van der Waals surface area (Å²) >= 11 is 0. The molecule has 1 saturated heterocycles. The largest absolute Gasteiger partial charge is 0.356 e. The summed E-state index contributed by atoms with van der Waals surface area (Å²) < 4.78 is 12.3. The molecule has 1 amide bonds. The molecule has 7 nitrogen and oxygen atoms in total. The molecule has 2 fully saturated rings. The number of amides is 1. The van der Waals surface area contributed by atoms with Gasteiger partial charge in [-0.25, -0.2) is 4.99 Å². The van der Waals surface area contributed by atoms with Crippen molar-refractivity contribution in [3.05, 3.63) is 0 Å². The summed E-state index contributed by atoms with van der Waals surface area (Å²) in [5, 5.41) is 6.60. The Morgan fingerprint density at radius 2 is 1.85 bits per heavy atom. The maximum atomic E-state index is 11.8. The maximum absolute atomic E-state index is 11.8. The Kier molecular flexibility index (Phi) is 10.9. The van der Waals surface area contributed by atoms with Crippen LogP contribution in [0.25, 0.3) is 0 Å². The van der Waals surface area contributed by atoms with Crippen LogP contribution < -0.4 is 10.6 Å². The van der Waals surface area contributed by atoms with Gasteiger partial charge in [0.2, 0.25) is 5.91 Å². The predicted molar refractivity (Wildman–Crippen MR) is 119 cm³/mol. The highest BCUT2D eigenvalue weighted by molar-refractivity contribution is 14.0. The first-order valence-electron chi connectivity index (χ1n) is 9.94. The molecular formula is C19H37IN4O3. The van der Waals surface area contributed by atoms with Crippen molar-refractivity contribution in [3.63, 3.8) is 0 Å². The van der Waals surface area contributed by atoms with Crippen molar-refractivity contribution in [2.24, 2.45) is 10.9 Å². The van der Waals surface area contributed by atoms with Gasteiger partial charge in [0.1, 0.15) is 12.6 Å². The molecule has 27 heavy (non-hydrogen) atoms. The molecule has 0 aromatic rings. The van der Waals surface area contributed by atoms with Gasteiger partial charge in [0, 0.05) is 40.0 Å². The Morgan fingerprint density at radius 1 is 1.19 bits per heavy atom. The molecule has 1 saturated carbocycles. The average Bonchev–Trinajstić information content (AvgIpc) is 2.84. The number of hydrogen-bond acceptors (Lipinski definition) is 4. The first-order chi connectivity index (χ1) is 12.4. The van der Waals surface area contributed by atoms with Gasteiger partial charge >= 0.3 is 0 Å². The summed E-state index contributed by atoms with van der Waals surface area (Å²) in [7, 11) is 3.48. The van der Waals surface area contributed by atoms with Crippen molar-refractivity contribution in [2.75, 3.05) is 40.3 Å². The van der Waals surface area contributed by atoms with E-state index in [0.29, 0.717) is 25.0 Å². The molecular weight excluding hydrogens is 459 g/mol. The molecule has 158 valence electrons. The van der Waals surface area contributed by atoms with Gasteiger partial charge < -0.3 is 25.0 Å². The highest BCUT2D eigenvalue weighted by Crippen LogP contribution is 2.36. The van der Waals surface area contributed by atoms with Crippen LogP contribution >= 0.6 is 24.0 Å². The normalized spacial score (nSPS) is 22.3. The van der Waals surface area contributed by atoms with Gasteiger partial charge in [-0.2, -0.15) is 0 Å². The van der Waals surface area contributed by atoms with E-state index in [-0.39, 0.29) is 48.3 Å². The molecule has 0 aromatic heterocycles. The fourth-order valence-corrected chi connectivity index (χ4v) is 3.22. The molecule has 2 N–H and O–H groups in total. The molecule has 1 atom stereocenters. The minimum Gasteiger partial charge on any atom is -0.356 e. The Labute approximate surface area is 181 Å². The fourth-order valence-electron chi connectivity index (χ4n) is 3.22. The molecule has 2 rings (SSSR count). The lowest BCUT2D eigenvalue weighted by molar-refractivity contribution is -0.175.